The van der Waals surface area contributed by atoms with Crippen LogP contribution >= 0.6 is 27.5 Å². The Labute approximate surface area is 119 Å². The summed E-state index contributed by atoms with van der Waals surface area (Å²) in [6, 6.07) is 6.89. The van der Waals surface area contributed by atoms with Crippen molar-refractivity contribution in [2.24, 2.45) is 0 Å². The van der Waals surface area contributed by atoms with Gasteiger partial charge in [0.25, 0.3) is 5.91 Å². The minimum atomic E-state index is -0.443. The summed E-state index contributed by atoms with van der Waals surface area (Å²) in [7, 11) is 0. The Morgan fingerprint density at radius 3 is 3.11 bits per heavy atom. The lowest BCUT2D eigenvalue weighted by Crippen LogP contribution is -2.53. The maximum Gasteiger partial charge on any atom is 0.256 e. The number of nitrogens with zero attached hydrogens (tertiary/aromatic N) is 2. The second kappa shape index (κ2) is 5.70. The quantitative estimate of drug-likeness (QED) is 0.858. The second-order valence-corrected chi connectivity index (χ2v) is 5.18. The molecule has 0 spiro atoms. The summed E-state index contributed by atoms with van der Waals surface area (Å²) in [5.74, 6) is -0.200. The molecule has 2 rings (SSSR count). The van der Waals surface area contributed by atoms with Gasteiger partial charge in [-0.15, -0.1) is 0 Å². The lowest BCUT2D eigenvalue weighted by molar-refractivity contribution is 0.0687. The zero-order valence-corrected chi connectivity index (χ0v) is 11.8. The van der Waals surface area contributed by atoms with Gasteiger partial charge in [-0.1, -0.05) is 17.7 Å². The monoisotopic (exact) mass is 327 g/mol. The molecule has 1 aliphatic heterocycles. The van der Waals surface area contributed by atoms with E-state index in [1.54, 1.807) is 23.1 Å². The number of carbonyl (C=O) groups is 1. The Morgan fingerprint density at radius 2 is 2.39 bits per heavy atom. The van der Waals surface area contributed by atoms with E-state index in [-0.39, 0.29) is 5.91 Å². The van der Waals surface area contributed by atoms with Crippen molar-refractivity contribution in [3.63, 3.8) is 0 Å². The Kier molecular flexibility index (Phi) is 4.23. The molecule has 94 valence electrons. The van der Waals surface area contributed by atoms with Crippen LogP contribution in [0.15, 0.2) is 22.7 Å². The molecule has 1 heterocycles. The molecule has 1 aromatic carbocycles. The number of carbonyl (C=O) groups excluding carboxylic acids is 1. The maximum atomic E-state index is 12.4. The van der Waals surface area contributed by atoms with Gasteiger partial charge in [-0.2, -0.15) is 5.26 Å². The summed E-state index contributed by atoms with van der Waals surface area (Å²) in [5, 5.41) is 12.5. The predicted molar refractivity (Wildman–Crippen MR) is 72.5 cm³/mol. The highest BCUT2D eigenvalue weighted by molar-refractivity contribution is 9.10. The Balaban J connectivity index is 2.30. The molecule has 1 atom stereocenters. The Morgan fingerprint density at radius 1 is 1.61 bits per heavy atom. The van der Waals surface area contributed by atoms with Gasteiger partial charge in [0.15, 0.2) is 0 Å². The van der Waals surface area contributed by atoms with E-state index in [1.165, 1.54) is 0 Å². The number of amides is 1. The zero-order valence-electron chi connectivity index (χ0n) is 9.49. The van der Waals surface area contributed by atoms with Crippen molar-refractivity contribution in [3.05, 3.63) is 33.3 Å². The summed E-state index contributed by atoms with van der Waals surface area (Å²) in [6.07, 6.45) is 0. The van der Waals surface area contributed by atoms with Gasteiger partial charge in [-0.3, -0.25) is 4.79 Å². The van der Waals surface area contributed by atoms with Crippen LogP contribution in [0.5, 0.6) is 0 Å². The average molecular weight is 329 g/mol. The van der Waals surface area contributed by atoms with Gasteiger partial charge in [0, 0.05) is 24.1 Å². The first kappa shape index (κ1) is 13.3. The van der Waals surface area contributed by atoms with Gasteiger partial charge in [-0.25, -0.2) is 0 Å². The third-order valence-corrected chi connectivity index (χ3v) is 4.13. The molecule has 0 saturated carbocycles. The SMILES string of the molecule is N#CC1CNCCN1C(=O)c1cccc(Br)c1Cl. The number of rotatable bonds is 1. The fraction of sp³-hybridized carbons (Fsp3) is 0.333. The highest BCUT2D eigenvalue weighted by Gasteiger charge is 2.28. The van der Waals surface area contributed by atoms with Crippen molar-refractivity contribution in [2.75, 3.05) is 19.6 Å². The van der Waals surface area contributed by atoms with Crippen LogP contribution in [-0.4, -0.2) is 36.5 Å². The van der Waals surface area contributed by atoms with Crippen LogP contribution in [0.3, 0.4) is 0 Å². The lowest BCUT2D eigenvalue weighted by Gasteiger charge is -2.32. The highest BCUT2D eigenvalue weighted by Crippen LogP contribution is 2.27. The minimum Gasteiger partial charge on any atom is -0.320 e. The summed E-state index contributed by atoms with van der Waals surface area (Å²) in [6.45, 7) is 1.70. The fourth-order valence-electron chi connectivity index (χ4n) is 1.89. The van der Waals surface area contributed by atoms with Crippen LogP contribution in [0.25, 0.3) is 0 Å². The molecular formula is C12H11BrClN3O. The third kappa shape index (κ3) is 2.51. The topological polar surface area (TPSA) is 56.1 Å². The molecule has 1 N–H and O–H groups in total. The van der Waals surface area contributed by atoms with E-state index in [2.05, 4.69) is 27.3 Å². The number of hydrogen-bond acceptors (Lipinski definition) is 3. The Hall–Kier alpha value is -1.09. The number of nitriles is 1. The van der Waals surface area contributed by atoms with E-state index in [0.29, 0.717) is 34.7 Å². The molecule has 1 aromatic rings. The number of nitrogens with one attached hydrogen (secondary N) is 1. The average Bonchev–Trinajstić information content (AvgIpc) is 2.41. The smallest absolute Gasteiger partial charge is 0.256 e. The molecule has 0 aromatic heterocycles. The Bertz CT molecular complexity index is 515. The second-order valence-electron chi connectivity index (χ2n) is 3.95. The van der Waals surface area contributed by atoms with Crippen molar-refractivity contribution in [2.45, 2.75) is 6.04 Å². The molecule has 1 saturated heterocycles. The van der Waals surface area contributed by atoms with Crippen molar-refractivity contribution in [3.8, 4) is 6.07 Å². The number of piperazine rings is 1. The van der Waals surface area contributed by atoms with Crippen LogP contribution < -0.4 is 5.32 Å². The van der Waals surface area contributed by atoms with Crippen LogP contribution in [-0.2, 0) is 0 Å². The first-order chi connectivity index (χ1) is 8.65. The van der Waals surface area contributed by atoms with E-state index >= 15 is 0 Å². The van der Waals surface area contributed by atoms with E-state index < -0.39 is 6.04 Å². The summed E-state index contributed by atoms with van der Waals surface area (Å²) >= 11 is 9.40. The van der Waals surface area contributed by atoms with Crippen molar-refractivity contribution < 1.29 is 4.79 Å². The van der Waals surface area contributed by atoms with E-state index in [0.717, 1.165) is 0 Å². The molecule has 6 heteroatoms. The molecule has 1 fully saturated rings. The predicted octanol–water partition coefficient (Wildman–Crippen LogP) is 2.04. The third-order valence-electron chi connectivity index (χ3n) is 2.84. The number of hydrogen-bond donors (Lipinski definition) is 1. The molecule has 1 aliphatic rings. The van der Waals surface area contributed by atoms with Crippen LogP contribution in [0.4, 0.5) is 0 Å². The van der Waals surface area contributed by atoms with Gasteiger partial charge >= 0.3 is 0 Å². The van der Waals surface area contributed by atoms with Gasteiger partial charge in [-0.05, 0) is 28.1 Å². The van der Waals surface area contributed by atoms with Gasteiger partial charge in [0.05, 0.1) is 16.7 Å². The van der Waals surface area contributed by atoms with Crippen molar-refractivity contribution >= 4 is 33.4 Å². The first-order valence-electron chi connectivity index (χ1n) is 5.50. The van der Waals surface area contributed by atoms with E-state index in [4.69, 9.17) is 16.9 Å². The van der Waals surface area contributed by atoms with Crippen LogP contribution in [0.2, 0.25) is 5.02 Å². The number of halogens is 2. The van der Waals surface area contributed by atoms with E-state index in [1.807, 2.05) is 0 Å². The van der Waals surface area contributed by atoms with Gasteiger partial charge < -0.3 is 10.2 Å². The lowest BCUT2D eigenvalue weighted by atomic mass is 10.1. The molecule has 0 radical (unpaired) electrons. The standard InChI is InChI=1S/C12H11BrClN3O/c13-10-3-1-2-9(11(10)14)12(18)17-5-4-16-7-8(17)6-15/h1-3,8,16H,4-5,7H2. The molecule has 0 bridgehead atoms. The maximum absolute atomic E-state index is 12.4. The molecule has 4 nitrogen and oxygen atoms in total. The van der Waals surface area contributed by atoms with Gasteiger partial charge in [0.2, 0.25) is 0 Å². The summed E-state index contributed by atoms with van der Waals surface area (Å²) < 4.78 is 0.679. The summed E-state index contributed by atoms with van der Waals surface area (Å²) in [5.41, 5.74) is 0.424. The normalized spacial score (nSPS) is 19.4. The van der Waals surface area contributed by atoms with Crippen molar-refractivity contribution in [1.82, 2.24) is 10.2 Å². The molecule has 0 aliphatic carbocycles. The molecular weight excluding hydrogens is 318 g/mol. The van der Waals surface area contributed by atoms with Crippen LogP contribution in [0, 0.1) is 11.3 Å². The van der Waals surface area contributed by atoms with Crippen LogP contribution in [0.1, 0.15) is 10.4 Å². The van der Waals surface area contributed by atoms with Crippen molar-refractivity contribution in [1.29, 1.82) is 5.26 Å². The molecule has 18 heavy (non-hydrogen) atoms. The highest BCUT2D eigenvalue weighted by atomic mass is 79.9. The first-order valence-corrected chi connectivity index (χ1v) is 6.67. The van der Waals surface area contributed by atoms with E-state index in [9.17, 15) is 4.79 Å². The molecule has 1 amide bonds. The van der Waals surface area contributed by atoms with Gasteiger partial charge in [0.1, 0.15) is 6.04 Å². The number of benzene rings is 1. The molecule has 1 unspecified atom stereocenters. The largest absolute Gasteiger partial charge is 0.320 e. The zero-order chi connectivity index (χ0) is 13.1. The fourth-order valence-corrected chi connectivity index (χ4v) is 2.46. The summed E-state index contributed by atoms with van der Waals surface area (Å²) in [4.78, 5) is 13.9. The minimum absolute atomic E-state index is 0.200.